The molecule has 8 nitrogen and oxygen atoms in total. The average Bonchev–Trinajstić information content (AvgIpc) is 3.23. The lowest BCUT2D eigenvalue weighted by Gasteiger charge is -2.39. The van der Waals surface area contributed by atoms with Gasteiger partial charge in [0.05, 0.1) is 12.6 Å². The highest BCUT2D eigenvalue weighted by Gasteiger charge is 2.34. The van der Waals surface area contributed by atoms with Crippen molar-refractivity contribution >= 4 is 27.7 Å². The van der Waals surface area contributed by atoms with Crippen LogP contribution in [-0.2, 0) is 0 Å². The Labute approximate surface area is 222 Å². The van der Waals surface area contributed by atoms with Crippen molar-refractivity contribution in [2.24, 2.45) is 5.41 Å². The van der Waals surface area contributed by atoms with Crippen LogP contribution in [0.2, 0.25) is 0 Å². The first-order valence-corrected chi connectivity index (χ1v) is 13.0. The van der Waals surface area contributed by atoms with Crippen molar-refractivity contribution in [3.8, 4) is 11.5 Å². The maximum Gasteiger partial charge on any atom is 0.339 e. The molecule has 0 bridgehead atoms. The summed E-state index contributed by atoms with van der Waals surface area (Å²) in [6, 6.07) is 8.96. The van der Waals surface area contributed by atoms with E-state index in [1.165, 1.54) is 0 Å². The third-order valence-electron chi connectivity index (χ3n) is 7.18. The van der Waals surface area contributed by atoms with E-state index in [2.05, 4.69) is 42.6 Å². The Balaban J connectivity index is 1.81. The van der Waals surface area contributed by atoms with Crippen molar-refractivity contribution in [2.45, 2.75) is 33.7 Å². The Kier molecular flexibility index (Phi) is 6.79. The van der Waals surface area contributed by atoms with Gasteiger partial charge < -0.3 is 24.3 Å². The van der Waals surface area contributed by atoms with Gasteiger partial charge in [-0.1, -0.05) is 20.8 Å². The van der Waals surface area contributed by atoms with Gasteiger partial charge in [0.15, 0.2) is 0 Å². The molecule has 1 saturated heterocycles. The predicted octanol–water partition coefficient (Wildman–Crippen LogP) is 5.45. The van der Waals surface area contributed by atoms with Crippen LogP contribution < -0.4 is 4.74 Å². The van der Waals surface area contributed by atoms with Gasteiger partial charge in [-0.05, 0) is 55.3 Å². The number of pyridine rings is 1. The standard InChI is InChI=1S/C30H35N3O5/c1-18-23(29(35)36)24-25(26(19-8-10-31-11-9-19)33-14-12-32(5)13-15-33)27(34)22-16-20(37-17-30(2,3)4)6-7-21(22)28(24)38-18/h6-11,16,26,34H,12-15,17H2,1-5H3,(H,35,36). The molecule has 2 N–H and O–H groups in total. The van der Waals surface area contributed by atoms with Crippen LogP contribution in [0.1, 0.15) is 54.1 Å². The number of phenols is 1. The van der Waals surface area contributed by atoms with Crippen molar-refractivity contribution in [3.63, 3.8) is 0 Å². The molecule has 1 unspecified atom stereocenters. The van der Waals surface area contributed by atoms with E-state index >= 15 is 0 Å². The number of benzene rings is 2. The predicted molar refractivity (Wildman–Crippen MR) is 147 cm³/mol. The Morgan fingerprint density at radius 2 is 1.79 bits per heavy atom. The van der Waals surface area contributed by atoms with Crippen LogP contribution >= 0.6 is 0 Å². The summed E-state index contributed by atoms with van der Waals surface area (Å²) in [7, 11) is 2.09. The van der Waals surface area contributed by atoms with E-state index in [4.69, 9.17) is 9.15 Å². The molecule has 1 fully saturated rings. The van der Waals surface area contributed by atoms with Crippen LogP contribution in [-0.4, -0.2) is 70.8 Å². The maximum absolute atomic E-state index is 12.5. The minimum absolute atomic E-state index is 0.0332. The zero-order valence-corrected chi connectivity index (χ0v) is 22.6. The zero-order valence-electron chi connectivity index (χ0n) is 22.6. The minimum atomic E-state index is -1.08. The summed E-state index contributed by atoms with van der Waals surface area (Å²) in [5.41, 5.74) is 1.96. The van der Waals surface area contributed by atoms with Crippen LogP contribution in [0.5, 0.6) is 11.5 Å². The second kappa shape index (κ2) is 9.93. The van der Waals surface area contributed by atoms with Gasteiger partial charge in [0.25, 0.3) is 0 Å². The number of ether oxygens (including phenoxy) is 1. The first kappa shape index (κ1) is 26.0. The highest BCUT2D eigenvalue weighted by atomic mass is 16.5. The summed E-state index contributed by atoms with van der Waals surface area (Å²) < 4.78 is 12.2. The molecular formula is C30H35N3O5. The SMILES string of the molecule is Cc1oc2c(c1C(=O)O)c(C(c1ccncc1)N1CCN(C)CC1)c(O)c1cc(OCC(C)(C)C)ccc12. The van der Waals surface area contributed by atoms with Crippen LogP contribution in [0.15, 0.2) is 47.1 Å². The number of carbonyl (C=O) groups is 1. The fourth-order valence-corrected chi connectivity index (χ4v) is 5.27. The van der Waals surface area contributed by atoms with Crippen LogP contribution in [0.25, 0.3) is 21.7 Å². The minimum Gasteiger partial charge on any atom is -0.507 e. The molecule has 3 heterocycles. The van der Waals surface area contributed by atoms with Gasteiger partial charge in [-0.25, -0.2) is 4.79 Å². The molecule has 0 aliphatic carbocycles. The normalized spacial score (nSPS) is 16.2. The summed E-state index contributed by atoms with van der Waals surface area (Å²) in [6.45, 7) is 11.7. The molecule has 0 amide bonds. The van der Waals surface area contributed by atoms with Gasteiger partial charge in [-0.2, -0.15) is 0 Å². The smallest absolute Gasteiger partial charge is 0.339 e. The van der Waals surface area contributed by atoms with Crippen molar-refractivity contribution in [1.82, 2.24) is 14.8 Å². The van der Waals surface area contributed by atoms with Gasteiger partial charge in [-0.15, -0.1) is 0 Å². The van der Waals surface area contributed by atoms with Crippen molar-refractivity contribution in [1.29, 1.82) is 0 Å². The van der Waals surface area contributed by atoms with E-state index in [9.17, 15) is 15.0 Å². The van der Waals surface area contributed by atoms with E-state index in [0.29, 0.717) is 45.4 Å². The lowest BCUT2D eigenvalue weighted by atomic mass is 9.89. The average molecular weight is 518 g/mol. The molecule has 2 aromatic heterocycles. The summed E-state index contributed by atoms with van der Waals surface area (Å²) in [5, 5.41) is 23.9. The number of aromatic carboxylic acids is 1. The number of carboxylic acid groups (broad SMARTS) is 1. The number of aryl methyl sites for hydroxylation is 1. The van der Waals surface area contributed by atoms with Crippen LogP contribution in [0.4, 0.5) is 0 Å². The number of likely N-dealkylation sites (N-methyl/N-ethyl adjacent to an activating group) is 1. The van der Waals surface area contributed by atoms with Gasteiger partial charge in [0.1, 0.15) is 28.4 Å². The molecule has 8 heteroatoms. The van der Waals surface area contributed by atoms with E-state index in [1.54, 1.807) is 19.3 Å². The number of aromatic hydroxyl groups is 1. The molecule has 1 aliphatic rings. The molecule has 1 aliphatic heterocycles. The molecule has 0 radical (unpaired) electrons. The molecule has 5 rings (SSSR count). The molecule has 2 aromatic carbocycles. The van der Waals surface area contributed by atoms with Crippen molar-refractivity contribution in [2.75, 3.05) is 39.8 Å². The molecule has 4 aromatic rings. The molecule has 38 heavy (non-hydrogen) atoms. The number of carboxylic acids is 1. The number of fused-ring (bicyclic) bond motifs is 3. The number of hydrogen-bond donors (Lipinski definition) is 2. The lowest BCUT2D eigenvalue weighted by molar-refractivity contribution is 0.0696. The number of piperazine rings is 1. The van der Waals surface area contributed by atoms with Gasteiger partial charge in [0, 0.05) is 60.3 Å². The largest absolute Gasteiger partial charge is 0.507 e. The lowest BCUT2D eigenvalue weighted by Crippen LogP contribution is -2.46. The van der Waals surface area contributed by atoms with E-state index in [-0.39, 0.29) is 16.7 Å². The van der Waals surface area contributed by atoms with Crippen LogP contribution in [0.3, 0.4) is 0 Å². The number of nitrogens with zero attached hydrogens (tertiary/aromatic N) is 3. The summed E-state index contributed by atoms with van der Waals surface area (Å²) in [5.74, 6) is -0.105. The highest BCUT2D eigenvalue weighted by Crippen LogP contribution is 2.48. The molecule has 0 spiro atoms. The first-order chi connectivity index (χ1) is 18.0. The molecule has 1 atom stereocenters. The van der Waals surface area contributed by atoms with E-state index in [1.807, 2.05) is 30.3 Å². The van der Waals surface area contributed by atoms with Gasteiger partial charge >= 0.3 is 5.97 Å². The van der Waals surface area contributed by atoms with E-state index < -0.39 is 12.0 Å². The number of rotatable bonds is 6. The summed E-state index contributed by atoms with van der Waals surface area (Å²) in [6.07, 6.45) is 3.45. The quantitative estimate of drug-likeness (QED) is 0.348. The Bertz CT molecular complexity index is 1480. The molecule has 200 valence electrons. The summed E-state index contributed by atoms with van der Waals surface area (Å²) in [4.78, 5) is 21.3. The highest BCUT2D eigenvalue weighted by molar-refractivity contribution is 6.16. The second-order valence-corrected chi connectivity index (χ2v) is 11.4. The third-order valence-corrected chi connectivity index (χ3v) is 7.18. The van der Waals surface area contributed by atoms with Gasteiger partial charge in [-0.3, -0.25) is 9.88 Å². The van der Waals surface area contributed by atoms with Gasteiger partial charge in [0.2, 0.25) is 0 Å². The fraction of sp³-hybridized carbons (Fsp3) is 0.400. The fourth-order valence-electron chi connectivity index (χ4n) is 5.27. The molecular weight excluding hydrogens is 482 g/mol. The van der Waals surface area contributed by atoms with Crippen molar-refractivity contribution in [3.05, 3.63) is 65.2 Å². The number of phenolic OH excluding ortho intramolecular Hbond substituents is 1. The van der Waals surface area contributed by atoms with E-state index in [0.717, 1.165) is 31.7 Å². The monoisotopic (exact) mass is 517 g/mol. The zero-order chi connectivity index (χ0) is 27.2. The third kappa shape index (κ3) is 4.81. The number of aromatic nitrogens is 1. The Morgan fingerprint density at radius 3 is 2.42 bits per heavy atom. The number of furan rings is 1. The second-order valence-electron chi connectivity index (χ2n) is 11.4. The topological polar surface area (TPSA) is 99.3 Å². The number of hydrogen-bond acceptors (Lipinski definition) is 7. The Hall–Kier alpha value is -3.62. The Morgan fingerprint density at radius 1 is 1.11 bits per heavy atom. The first-order valence-electron chi connectivity index (χ1n) is 13.0. The maximum atomic E-state index is 12.5. The molecule has 0 saturated carbocycles. The summed E-state index contributed by atoms with van der Waals surface area (Å²) >= 11 is 0. The van der Waals surface area contributed by atoms with Crippen LogP contribution in [0, 0.1) is 12.3 Å². The van der Waals surface area contributed by atoms with Crippen molar-refractivity contribution < 1.29 is 24.2 Å².